The van der Waals surface area contributed by atoms with E-state index in [0.717, 1.165) is 12.8 Å². The molecular weight excluding hydrogens is 224 g/mol. The van der Waals surface area contributed by atoms with Crippen LogP contribution in [0.2, 0.25) is 0 Å². The fraction of sp³-hybridized carbons (Fsp3) is 0.700. The van der Waals surface area contributed by atoms with Gasteiger partial charge in [0.15, 0.2) is 5.66 Å². The van der Waals surface area contributed by atoms with Gasteiger partial charge < -0.3 is 9.84 Å². The standard InChI is InChI=1S/C10H16N4O3/c1-17-8-10(14-7-5-11-12-14)4-2-3-6-13(10)9(15)16/h5,7H,2-4,6,8H2,1H3,(H,15,16). The predicted octanol–water partition coefficient (Wildman–Crippen LogP) is 0.741. The molecule has 0 aromatic carbocycles. The highest BCUT2D eigenvalue weighted by Crippen LogP contribution is 2.32. The summed E-state index contributed by atoms with van der Waals surface area (Å²) in [5, 5.41) is 17.0. The molecule has 2 rings (SSSR count). The first-order valence-corrected chi connectivity index (χ1v) is 5.57. The lowest BCUT2D eigenvalue weighted by atomic mass is 9.96. The second-order valence-corrected chi connectivity index (χ2v) is 4.15. The van der Waals surface area contributed by atoms with Gasteiger partial charge in [0, 0.05) is 19.9 Å². The normalized spacial score (nSPS) is 24.9. The van der Waals surface area contributed by atoms with Crippen LogP contribution in [-0.2, 0) is 10.4 Å². The summed E-state index contributed by atoms with van der Waals surface area (Å²) in [7, 11) is 1.56. The Morgan fingerprint density at radius 2 is 2.41 bits per heavy atom. The molecule has 7 nitrogen and oxygen atoms in total. The van der Waals surface area contributed by atoms with Crippen molar-refractivity contribution in [2.75, 3.05) is 20.3 Å². The molecule has 1 saturated heterocycles. The Balaban J connectivity index is 2.39. The Hall–Kier alpha value is -1.63. The summed E-state index contributed by atoms with van der Waals surface area (Å²) < 4.78 is 6.78. The van der Waals surface area contributed by atoms with Gasteiger partial charge in [-0.05, 0) is 19.3 Å². The SMILES string of the molecule is COCC1(n2ccnn2)CCCCN1C(=O)O. The molecular formula is C10H16N4O3. The minimum Gasteiger partial charge on any atom is -0.465 e. The third kappa shape index (κ3) is 1.97. The average Bonchev–Trinajstić information content (AvgIpc) is 2.83. The van der Waals surface area contributed by atoms with Gasteiger partial charge >= 0.3 is 6.09 Å². The molecule has 1 atom stereocenters. The molecule has 0 bridgehead atoms. The van der Waals surface area contributed by atoms with E-state index in [1.165, 1.54) is 4.90 Å². The molecule has 1 fully saturated rings. The van der Waals surface area contributed by atoms with Crippen molar-refractivity contribution in [3.05, 3.63) is 12.4 Å². The highest BCUT2D eigenvalue weighted by Gasteiger charge is 2.44. The van der Waals surface area contributed by atoms with Gasteiger partial charge in [0.2, 0.25) is 0 Å². The number of carbonyl (C=O) groups is 1. The second-order valence-electron chi connectivity index (χ2n) is 4.15. The second kappa shape index (κ2) is 4.70. The Labute approximate surface area is 99.0 Å². The maximum atomic E-state index is 11.3. The van der Waals surface area contributed by atoms with E-state index in [1.54, 1.807) is 24.2 Å². The van der Waals surface area contributed by atoms with Crippen LogP contribution in [-0.4, -0.2) is 51.4 Å². The average molecular weight is 240 g/mol. The quantitative estimate of drug-likeness (QED) is 0.842. The van der Waals surface area contributed by atoms with Crippen LogP contribution < -0.4 is 0 Å². The summed E-state index contributed by atoms with van der Waals surface area (Å²) in [6, 6.07) is 0. The van der Waals surface area contributed by atoms with Crippen LogP contribution in [0, 0.1) is 0 Å². The van der Waals surface area contributed by atoms with Crippen molar-refractivity contribution in [1.82, 2.24) is 19.9 Å². The summed E-state index contributed by atoms with van der Waals surface area (Å²) in [4.78, 5) is 12.7. The zero-order valence-corrected chi connectivity index (χ0v) is 9.74. The molecule has 1 aliphatic heterocycles. The maximum Gasteiger partial charge on any atom is 0.409 e. The fourth-order valence-electron chi connectivity index (χ4n) is 2.41. The van der Waals surface area contributed by atoms with E-state index in [9.17, 15) is 9.90 Å². The van der Waals surface area contributed by atoms with Gasteiger partial charge in [0.1, 0.15) is 0 Å². The molecule has 1 aliphatic rings. The third-order valence-electron chi connectivity index (χ3n) is 3.17. The molecule has 1 unspecified atom stereocenters. The summed E-state index contributed by atoms with van der Waals surface area (Å²) in [6.07, 6.45) is 4.79. The van der Waals surface area contributed by atoms with E-state index in [0.29, 0.717) is 13.0 Å². The van der Waals surface area contributed by atoms with Crippen molar-refractivity contribution in [2.45, 2.75) is 24.9 Å². The molecule has 0 saturated carbocycles. The first-order valence-electron chi connectivity index (χ1n) is 5.57. The summed E-state index contributed by atoms with van der Waals surface area (Å²) in [5.74, 6) is 0. The Bertz CT molecular complexity index is 377. The van der Waals surface area contributed by atoms with Crippen molar-refractivity contribution in [3.63, 3.8) is 0 Å². The number of aromatic nitrogens is 3. The number of piperidine rings is 1. The van der Waals surface area contributed by atoms with Gasteiger partial charge in [0.25, 0.3) is 0 Å². The number of nitrogens with zero attached hydrogens (tertiary/aromatic N) is 4. The van der Waals surface area contributed by atoms with E-state index in [2.05, 4.69) is 10.3 Å². The van der Waals surface area contributed by atoms with Crippen LogP contribution in [0.5, 0.6) is 0 Å². The van der Waals surface area contributed by atoms with Gasteiger partial charge in [-0.15, -0.1) is 5.10 Å². The van der Waals surface area contributed by atoms with Crippen LogP contribution >= 0.6 is 0 Å². The van der Waals surface area contributed by atoms with Crippen molar-refractivity contribution in [1.29, 1.82) is 0 Å². The van der Waals surface area contributed by atoms with Crippen LogP contribution in [0.15, 0.2) is 12.4 Å². The number of hydrogen-bond donors (Lipinski definition) is 1. The van der Waals surface area contributed by atoms with Crippen LogP contribution in [0.4, 0.5) is 4.79 Å². The number of ether oxygens (including phenoxy) is 1. The summed E-state index contributed by atoms with van der Waals surface area (Å²) in [5.41, 5.74) is -0.755. The van der Waals surface area contributed by atoms with E-state index in [1.807, 2.05) is 0 Å². The minimum atomic E-state index is -0.947. The molecule has 0 spiro atoms. The predicted molar refractivity (Wildman–Crippen MR) is 58.5 cm³/mol. The van der Waals surface area contributed by atoms with Crippen LogP contribution in [0.1, 0.15) is 19.3 Å². The topological polar surface area (TPSA) is 80.5 Å². The largest absolute Gasteiger partial charge is 0.465 e. The van der Waals surface area contributed by atoms with Crippen molar-refractivity contribution >= 4 is 6.09 Å². The van der Waals surface area contributed by atoms with Gasteiger partial charge in [-0.25, -0.2) is 9.48 Å². The third-order valence-corrected chi connectivity index (χ3v) is 3.17. The molecule has 1 N–H and O–H groups in total. The van der Waals surface area contributed by atoms with E-state index in [-0.39, 0.29) is 6.61 Å². The molecule has 0 radical (unpaired) electrons. The summed E-state index contributed by atoms with van der Waals surface area (Å²) >= 11 is 0. The van der Waals surface area contributed by atoms with Crippen molar-refractivity contribution in [2.24, 2.45) is 0 Å². The number of methoxy groups -OCH3 is 1. The molecule has 0 aliphatic carbocycles. The lowest BCUT2D eigenvalue weighted by Gasteiger charge is -2.44. The zero-order chi connectivity index (χ0) is 12.3. The molecule has 1 aromatic rings. The molecule has 1 amide bonds. The lowest BCUT2D eigenvalue weighted by Crippen LogP contribution is -2.58. The highest BCUT2D eigenvalue weighted by atomic mass is 16.5. The van der Waals surface area contributed by atoms with Crippen LogP contribution in [0.25, 0.3) is 0 Å². The van der Waals surface area contributed by atoms with Gasteiger partial charge in [-0.2, -0.15) is 0 Å². The Morgan fingerprint density at radius 3 is 3.00 bits per heavy atom. The Kier molecular flexibility index (Phi) is 3.28. The molecule has 1 aromatic heterocycles. The molecule has 7 heteroatoms. The van der Waals surface area contributed by atoms with Gasteiger partial charge in [0.05, 0.1) is 12.8 Å². The highest BCUT2D eigenvalue weighted by molar-refractivity contribution is 5.66. The van der Waals surface area contributed by atoms with Crippen molar-refractivity contribution in [3.8, 4) is 0 Å². The van der Waals surface area contributed by atoms with Gasteiger partial charge in [-0.3, -0.25) is 4.90 Å². The zero-order valence-electron chi connectivity index (χ0n) is 9.74. The number of hydrogen-bond acceptors (Lipinski definition) is 4. The molecule has 94 valence electrons. The number of carboxylic acid groups (broad SMARTS) is 1. The monoisotopic (exact) mass is 240 g/mol. The Morgan fingerprint density at radius 1 is 1.59 bits per heavy atom. The number of likely N-dealkylation sites (tertiary alicyclic amines) is 1. The van der Waals surface area contributed by atoms with Gasteiger partial charge in [-0.1, -0.05) is 5.21 Å². The van der Waals surface area contributed by atoms with E-state index < -0.39 is 11.8 Å². The summed E-state index contributed by atoms with van der Waals surface area (Å²) in [6.45, 7) is 0.779. The first kappa shape index (κ1) is 11.8. The fourth-order valence-corrected chi connectivity index (χ4v) is 2.41. The van der Waals surface area contributed by atoms with Crippen LogP contribution in [0.3, 0.4) is 0 Å². The first-order chi connectivity index (χ1) is 8.20. The smallest absolute Gasteiger partial charge is 0.409 e. The maximum absolute atomic E-state index is 11.3. The molecule has 17 heavy (non-hydrogen) atoms. The van der Waals surface area contributed by atoms with E-state index in [4.69, 9.17) is 4.74 Å². The number of rotatable bonds is 3. The minimum absolute atomic E-state index is 0.280. The van der Waals surface area contributed by atoms with Crippen molar-refractivity contribution < 1.29 is 14.6 Å². The lowest BCUT2D eigenvalue weighted by molar-refractivity contribution is -0.0654. The molecule has 2 heterocycles. The van der Waals surface area contributed by atoms with E-state index >= 15 is 0 Å². The number of amides is 1.